The van der Waals surface area contributed by atoms with Gasteiger partial charge in [-0.25, -0.2) is 9.69 Å². The first-order chi connectivity index (χ1) is 9.17. The van der Waals surface area contributed by atoms with Crippen LogP contribution >= 0.6 is 0 Å². The Morgan fingerprint density at radius 2 is 2.05 bits per heavy atom. The summed E-state index contributed by atoms with van der Waals surface area (Å²) in [4.78, 5) is 25.3. The Morgan fingerprint density at radius 1 is 1.37 bits per heavy atom. The molecule has 98 valence electrons. The predicted molar refractivity (Wildman–Crippen MR) is 70.4 cm³/mol. The number of hydrogen-bond acceptors (Lipinski definition) is 3. The van der Waals surface area contributed by atoms with Crippen molar-refractivity contribution >= 4 is 17.6 Å². The Morgan fingerprint density at radius 3 is 2.63 bits per heavy atom. The quantitative estimate of drug-likeness (QED) is 0.900. The van der Waals surface area contributed by atoms with E-state index in [1.165, 1.54) is 0 Å². The maximum absolute atomic E-state index is 12.3. The molecule has 5 nitrogen and oxygen atoms in total. The van der Waals surface area contributed by atoms with Gasteiger partial charge >= 0.3 is 6.03 Å². The first-order valence-electron chi connectivity index (χ1n) is 6.29. The van der Waals surface area contributed by atoms with Crippen molar-refractivity contribution in [3.8, 4) is 6.07 Å². The van der Waals surface area contributed by atoms with Gasteiger partial charge in [0.05, 0.1) is 23.2 Å². The Labute approximate surface area is 111 Å². The summed E-state index contributed by atoms with van der Waals surface area (Å²) in [6, 6.07) is 8.03. The van der Waals surface area contributed by atoms with Gasteiger partial charge in [-0.15, -0.1) is 0 Å². The Bertz CT molecular complexity index is 531. The van der Waals surface area contributed by atoms with Crippen molar-refractivity contribution in [3.63, 3.8) is 0 Å². The lowest BCUT2D eigenvalue weighted by molar-refractivity contribution is -0.122. The number of urea groups is 1. The van der Waals surface area contributed by atoms with E-state index in [9.17, 15) is 9.59 Å². The van der Waals surface area contributed by atoms with E-state index in [0.717, 1.165) is 17.7 Å². The zero-order valence-corrected chi connectivity index (χ0v) is 10.7. The van der Waals surface area contributed by atoms with Gasteiger partial charge in [0.2, 0.25) is 5.91 Å². The van der Waals surface area contributed by atoms with Crippen LogP contribution in [-0.4, -0.2) is 18.5 Å². The van der Waals surface area contributed by atoms with Gasteiger partial charge in [0.15, 0.2) is 0 Å². The molecule has 0 spiro atoms. The normalized spacial score (nSPS) is 18.9. The number of carbonyl (C=O) groups excluding carboxylic acids is 2. The molecule has 1 atom stereocenters. The molecule has 0 aromatic heterocycles. The summed E-state index contributed by atoms with van der Waals surface area (Å²) in [5, 5.41) is 11.5. The van der Waals surface area contributed by atoms with Crippen molar-refractivity contribution in [1.82, 2.24) is 5.32 Å². The SMILES string of the molecule is CCCC1CNC(=O)N(c2ccc(C#N)cc2)C1=O. The van der Waals surface area contributed by atoms with Gasteiger partial charge in [-0.3, -0.25) is 4.79 Å². The highest BCUT2D eigenvalue weighted by atomic mass is 16.2. The fourth-order valence-corrected chi connectivity index (χ4v) is 2.16. The van der Waals surface area contributed by atoms with Crippen molar-refractivity contribution in [3.05, 3.63) is 29.8 Å². The molecule has 1 fully saturated rings. The van der Waals surface area contributed by atoms with E-state index in [0.29, 0.717) is 17.8 Å². The van der Waals surface area contributed by atoms with Crippen LogP contribution in [0.15, 0.2) is 24.3 Å². The number of imide groups is 1. The lowest BCUT2D eigenvalue weighted by atomic mass is 10.00. The number of anilines is 1. The fraction of sp³-hybridized carbons (Fsp3) is 0.357. The summed E-state index contributed by atoms with van der Waals surface area (Å²) in [7, 11) is 0. The standard InChI is InChI=1S/C14H15N3O2/c1-2-3-11-9-16-14(19)17(13(11)18)12-6-4-10(8-15)5-7-12/h4-7,11H,2-3,9H2,1H3,(H,16,19). The maximum atomic E-state index is 12.3. The number of nitrogens with one attached hydrogen (secondary N) is 1. The zero-order chi connectivity index (χ0) is 13.8. The molecule has 1 saturated heterocycles. The molecule has 0 bridgehead atoms. The molecule has 1 N–H and O–H groups in total. The number of rotatable bonds is 3. The van der Waals surface area contributed by atoms with E-state index in [1.54, 1.807) is 24.3 Å². The van der Waals surface area contributed by atoms with Gasteiger partial charge in [0.1, 0.15) is 0 Å². The average molecular weight is 257 g/mol. The van der Waals surface area contributed by atoms with Gasteiger partial charge in [0, 0.05) is 6.54 Å². The van der Waals surface area contributed by atoms with Crippen LogP contribution in [0.2, 0.25) is 0 Å². The van der Waals surface area contributed by atoms with Crippen LogP contribution in [0.25, 0.3) is 0 Å². The minimum absolute atomic E-state index is 0.168. The van der Waals surface area contributed by atoms with Gasteiger partial charge < -0.3 is 5.32 Å². The van der Waals surface area contributed by atoms with Gasteiger partial charge in [-0.05, 0) is 30.7 Å². The first-order valence-corrected chi connectivity index (χ1v) is 6.29. The molecule has 5 heteroatoms. The highest BCUT2D eigenvalue weighted by molar-refractivity contribution is 6.16. The lowest BCUT2D eigenvalue weighted by Gasteiger charge is -2.31. The lowest BCUT2D eigenvalue weighted by Crippen LogP contribution is -2.55. The molecular formula is C14H15N3O2. The Hall–Kier alpha value is -2.35. The summed E-state index contributed by atoms with van der Waals surface area (Å²) in [5.74, 6) is -0.339. The first kappa shape index (κ1) is 13.1. The smallest absolute Gasteiger partial charge is 0.328 e. The molecule has 1 heterocycles. The van der Waals surface area contributed by atoms with Crippen LogP contribution in [0.3, 0.4) is 0 Å². The molecule has 1 aliphatic rings. The molecule has 0 aliphatic carbocycles. The number of hydrogen-bond donors (Lipinski definition) is 1. The third kappa shape index (κ3) is 2.58. The molecular weight excluding hydrogens is 242 g/mol. The number of nitrogens with zero attached hydrogens (tertiary/aromatic N) is 2. The summed E-state index contributed by atoms with van der Waals surface area (Å²) in [5.41, 5.74) is 1.00. The van der Waals surface area contributed by atoms with Gasteiger partial charge in [-0.1, -0.05) is 13.3 Å². The monoisotopic (exact) mass is 257 g/mol. The van der Waals surface area contributed by atoms with E-state index < -0.39 is 6.03 Å². The minimum Gasteiger partial charge on any atom is -0.337 e. The van der Waals surface area contributed by atoms with Crippen molar-refractivity contribution in [1.29, 1.82) is 5.26 Å². The van der Waals surface area contributed by atoms with E-state index in [-0.39, 0.29) is 11.8 Å². The average Bonchev–Trinajstić information content (AvgIpc) is 2.43. The largest absolute Gasteiger partial charge is 0.337 e. The van der Waals surface area contributed by atoms with E-state index in [4.69, 9.17) is 5.26 Å². The minimum atomic E-state index is -0.401. The molecule has 2 rings (SSSR count). The summed E-state index contributed by atoms with van der Waals surface area (Å²) in [6.07, 6.45) is 1.65. The molecule has 1 aromatic carbocycles. The molecule has 1 aliphatic heterocycles. The zero-order valence-electron chi connectivity index (χ0n) is 10.7. The molecule has 0 radical (unpaired) electrons. The van der Waals surface area contributed by atoms with E-state index >= 15 is 0 Å². The van der Waals surface area contributed by atoms with Crippen LogP contribution in [0, 0.1) is 17.2 Å². The molecule has 1 unspecified atom stereocenters. The Kier molecular flexibility index (Phi) is 3.81. The Balaban J connectivity index is 2.27. The van der Waals surface area contributed by atoms with Crippen molar-refractivity contribution in [2.24, 2.45) is 5.92 Å². The van der Waals surface area contributed by atoms with Crippen LogP contribution in [0.1, 0.15) is 25.3 Å². The maximum Gasteiger partial charge on any atom is 0.328 e. The van der Waals surface area contributed by atoms with Crippen LogP contribution in [0.4, 0.5) is 10.5 Å². The van der Waals surface area contributed by atoms with Gasteiger partial charge in [0.25, 0.3) is 0 Å². The molecule has 1 aromatic rings. The summed E-state index contributed by atoms with van der Waals surface area (Å²) < 4.78 is 0. The number of benzene rings is 1. The van der Waals surface area contributed by atoms with Crippen LogP contribution < -0.4 is 10.2 Å². The molecule has 19 heavy (non-hydrogen) atoms. The number of amides is 3. The topological polar surface area (TPSA) is 73.2 Å². The van der Waals surface area contributed by atoms with Crippen molar-refractivity contribution in [2.75, 3.05) is 11.4 Å². The highest BCUT2D eigenvalue weighted by Crippen LogP contribution is 2.22. The van der Waals surface area contributed by atoms with E-state index in [1.807, 2.05) is 13.0 Å². The van der Waals surface area contributed by atoms with Gasteiger partial charge in [-0.2, -0.15) is 5.26 Å². The molecule has 3 amide bonds. The third-order valence-electron chi connectivity index (χ3n) is 3.16. The second-order valence-electron chi connectivity index (χ2n) is 4.50. The fourth-order valence-electron chi connectivity index (χ4n) is 2.16. The molecule has 0 saturated carbocycles. The number of carbonyl (C=O) groups is 2. The van der Waals surface area contributed by atoms with Crippen molar-refractivity contribution in [2.45, 2.75) is 19.8 Å². The second-order valence-corrected chi connectivity index (χ2v) is 4.50. The highest BCUT2D eigenvalue weighted by Gasteiger charge is 2.34. The summed E-state index contributed by atoms with van der Waals surface area (Å²) in [6.45, 7) is 2.41. The predicted octanol–water partition coefficient (Wildman–Crippen LogP) is 2.03. The number of nitriles is 1. The van der Waals surface area contributed by atoms with Crippen LogP contribution in [-0.2, 0) is 4.79 Å². The van der Waals surface area contributed by atoms with E-state index in [2.05, 4.69) is 5.32 Å². The third-order valence-corrected chi connectivity index (χ3v) is 3.16. The second kappa shape index (κ2) is 5.53. The van der Waals surface area contributed by atoms with Crippen molar-refractivity contribution < 1.29 is 9.59 Å². The summed E-state index contributed by atoms with van der Waals surface area (Å²) >= 11 is 0. The van der Waals surface area contributed by atoms with Crippen LogP contribution in [0.5, 0.6) is 0 Å².